The Morgan fingerprint density at radius 3 is 2.55 bits per heavy atom. The number of hydrogen-bond acceptors (Lipinski definition) is 1. The fourth-order valence-corrected chi connectivity index (χ4v) is 1.26. The molecule has 0 amide bonds. The zero-order chi connectivity index (χ0) is 8.43. The van der Waals surface area contributed by atoms with Crippen molar-refractivity contribution in [3.05, 3.63) is 11.7 Å². The highest BCUT2D eigenvalue weighted by molar-refractivity contribution is 7.79. The molecule has 0 saturated heterocycles. The summed E-state index contributed by atoms with van der Waals surface area (Å²) in [5, 5.41) is 1.29. The molecule has 0 N–H and O–H groups in total. The first-order valence-corrected chi connectivity index (χ1v) is 3.75. The van der Waals surface area contributed by atoms with Gasteiger partial charge in [-0.3, -0.25) is 0 Å². The Labute approximate surface area is 68.1 Å². The Morgan fingerprint density at radius 1 is 1.45 bits per heavy atom. The maximum atomic E-state index is 12.5. The van der Waals surface area contributed by atoms with E-state index in [0.717, 1.165) is 0 Å². The van der Waals surface area contributed by atoms with Crippen LogP contribution in [0, 0.1) is 5.92 Å². The van der Waals surface area contributed by atoms with E-state index < -0.39 is 17.8 Å². The maximum absolute atomic E-state index is 12.5. The molecule has 0 radical (unpaired) electrons. The van der Waals surface area contributed by atoms with E-state index in [0.29, 0.717) is 0 Å². The Balaban J connectivity index is 2.76. The van der Waals surface area contributed by atoms with Crippen LogP contribution in [0.3, 0.4) is 0 Å². The number of alkyl halides is 1. The van der Waals surface area contributed by atoms with Gasteiger partial charge in [0.25, 0.3) is 0 Å². The summed E-state index contributed by atoms with van der Waals surface area (Å²) in [7, 11) is 0. The van der Waals surface area contributed by atoms with Crippen molar-refractivity contribution < 1.29 is 13.2 Å². The van der Waals surface area contributed by atoms with Crippen LogP contribution in [0.15, 0.2) is 11.7 Å². The van der Waals surface area contributed by atoms with Crippen LogP contribution >= 0.6 is 12.2 Å². The van der Waals surface area contributed by atoms with E-state index in [2.05, 4.69) is 12.2 Å². The zero-order valence-corrected chi connectivity index (χ0v) is 6.50. The first kappa shape index (κ1) is 8.71. The Bertz CT molecular complexity index is 200. The third kappa shape index (κ3) is 1.80. The number of hydrogen-bond donors (Lipinski definition) is 0. The largest absolute Gasteiger partial charge is 0.240 e. The van der Waals surface area contributed by atoms with E-state index in [1.165, 1.54) is 5.37 Å². The Morgan fingerprint density at radius 2 is 2.09 bits per heavy atom. The van der Waals surface area contributed by atoms with Gasteiger partial charge < -0.3 is 0 Å². The van der Waals surface area contributed by atoms with Gasteiger partial charge in [-0.2, -0.15) is 0 Å². The van der Waals surface area contributed by atoms with Crippen LogP contribution < -0.4 is 0 Å². The van der Waals surface area contributed by atoms with E-state index in [1.807, 2.05) is 0 Å². The molecule has 11 heavy (non-hydrogen) atoms. The van der Waals surface area contributed by atoms with Gasteiger partial charge in [-0.15, -0.1) is 0 Å². The number of halogens is 3. The lowest BCUT2D eigenvalue weighted by molar-refractivity contribution is 0.250. The Kier molecular flexibility index (Phi) is 2.65. The average Bonchev–Trinajstić information content (AvgIpc) is 1.99. The Hall–Kier alpha value is -0.380. The van der Waals surface area contributed by atoms with E-state index in [-0.39, 0.29) is 18.8 Å². The smallest absolute Gasteiger partial charge is 0.165 e. The van der Waals surface area contributed by atoms with Gasteiger partial charge in [0.05, 0.1) is 0 Å². The highest BCUT2D eigenvalue weighted by atomic mass is 32.1. The summed E-state index contributed by atoms with van der Waals surface area (Å²) in [4.78, 5) is 0. The molecule has 4 heteroatoms. The minimum Gasteiger partial charge on any atom is -0.240 e. The zero-order valence-electron chi connectivity index (χ0n) is 5.69. The van der Waals surface area contributed by atoms with Gasteiger partial charge >= 0.3 is 0 Å². The minimum atomic E-state index is -1.80. The molecule has 0 aliphatic heterocycles. The molecule has 0 nitrogen and oxygen atoms in total. The SMILES string of the molecule is FC1=C(F)[C@@H](F)C[C@@H](C=S)C1. The highest BCUT2D eigenvalue weighted by Crippen LogP contribution is 2.32. The summed E-state index contributed by atoms with van der Waals surface area (Å²) in [5.41, 5.74) is 0. The molecule has 0 spiro atoms. The lowest BCUT2D eigenvalue weighted by atomic mass is 9.93. The third-order valence-corrected chi connectivity index (χ3v) is 2.06. The quantitative estimate of drug-likeness (QED) is 0.559. The normalized spacial score (nSPS) is 32.3. The maximum Gasteiger partial charge on any atom is 0.165 e. The molecule has 1 aliphatic carbocycles. The topological polar surface area (TPSA) is 0 Å². The summed E-state index contributed by atoms with van der Waals surface area (Å²) < 4.78 is 37.4. The molecular weight excluding hydrogens is 173 g/mol. The first-order valence-electron chi connectivity index (χ1n) is 3.28. The lowest BCUT2D eigenvalue weighted by Gasteiger charge is -2.18. The van der Waals surface area contributed by atoms with E-state index >= 15 is 0 Å². The summed E-state index contributed by atoms with van der Waals surface area (Å²) in [6.07, 6.45) is -1.91. The van der Waals surface area contributed by atoms with Gasteiger partial charge in [-0.05, 0) is 17.7 Å². The predicted octanol–water partition coefficient (Wildman–Crippen LogP) is 2.88. The molecule has 0 saturated carbocycles. The van der Waals surface area contributed by atoms with Crippen LogP contribution in [0.25, 0.3) is 0 Å². The second kappa shape index (κ2) is 3.34. The fourth-order valence-electron chi connectivity index (χ4n) is 1.05. The van der Waals surface area contributed by atoms with Crippen LogP contribution in [0.2, 0.25) is 0 Å². The molecule has 0 heterocycles. The molecule has 2 atom stereocenters. The fraction of sp³-hybridized carbons (Fsp3) is 0.571. The second-order valence-electron chi connectivity index (χ2n) is 2.56. The molecule has 1 aliphatic rings. The van der Waals surface area contributed by atoms with Crippen molar-refractivity contribution >= 4 is 17.6 Å². The number of rotatable bonds is 1. The first-order chi connectivity index (χ1) is 5.15. The van der Waals surface area contributed by atoms with Gasteiger partial charge in [0.15, 0.2) is 12.0 Å². The third-order valence-electron chi connectivity index (χ3n) is 1.68. The summed E-state index contributed by atoms with van der Waals surface area (Å²) in [5.74, 6) is -2.58. The van der Waals surface area contributed by atoms with Crippen molar-refractivity contribution in [3.8, 4) is 0 Å². The van der Waals surface area contributed by atoms with Crippen molar-refractivity contribution in [3.63, 3.8) is 0 Å². The van der Waals surface area contributed by atoms with E-state index in [9.17, 15) is 13.2 Å². The average molecular weight is 180 g/mol. The van der Waals surface area contributed by atoms with Gasteiger partial charge in [-0.1, -0.05) is 12.2 Å². The van der Waals surface area contributed by atoms with Crippen LogP contribution in [0.4, 0.5) is 13.2 Å². The van der Waals surface area contributed by atoms with E-state index in [1.54, 1.807) is 0 Å². The van der Waals surface area contributed by atoms with Gasteiger partial charge in [0.1, 0.15) is 5.83 Å². The van der Waals surface area contributed by atoms with Crippen molar-refractivity contribution in [1.82, 2.24) is 0 Å². The molecule has 0 aromatic carbocycles. The van der Waals surface area contributed by atoms with Gasteiger partial charge in [0.2, 0.25) is 0 Å². The molecule has 0 aromatic heterocycles. The van der Waals surface area contributed by atoms with Gasteiger partial charge in [0, 0.05) is 6.42 Å². The molecule has 0 aromatic rings. The molecular formula is C7H7F3S. The van der Waals surface area contributed by atoms with Crippen molar-refractivity contribution in [2.45, 2.75) is 19.0 Å². The van der Waals surface area contributed by atoms with Crippen molar-refractivity contribution in [2.75, 3.05) is 0 Å². The summed E-state index contributed by atoms with van der Waals surface area (Å²) in [6.45, 7) is 0. The standard InChI is InChI=1S/C7H7F3S/c8-5-1-4(3-11)2-6(9)7(5)10/h3-5H,1-2H2/t4-,5+/m1/s1. The molecule has 0 unspecified atom stereocenters. The van der Waals surface area contributed by atoms with Crippen LogP contribution in [0.5, 0.6) is 0 Å². The van der Waals surface area contributed by atoms with Crippen molar-refractivity contribution in [1.29, 1.82) is 0 Å². The predicted molar refractivity (Wildman–Crippen MR) is 40.5 cm³/mol. The van der Waals surface area contributed by atoms with Crippen LogP contribution in [-0.2, 0) is 0 Å². The molecule has 0 bridgehead atoms. The monoisotopic (exact) mass is 180 g/mol. The molecule has 0 fully saturated rings. The highest BCUT2D eigenvalue weighted by Gasteiger charge is 2.28. The summed E-state index contributed by atoms with van der Waals surface area (Å²) >= 11 is 4.51. The molecule has 62 valence electrons. The van der Waals surface area contributed by atoms with Gasteiger partial charge in [-0.25, -0.2) is 13.2 Å². The number of thiocarbonyl (C=S) groups is 1. The number of allylic oxidation sites excluding steroid dienone is 2. The van der Waals surface area contributed by atoms with E-state index in [4.69, 9.17) is 0 Å². The summed E-state index contributed by atoms with van der Waals surface area (Å²) in [6, 6.07) is 0. The minimum absolute atomic E-state index is 0.0250. The molecule has 1 rings (SSSR count). The van der Waals surface area contributed by atoms with Crippen LogP contribution in [0.1, 0.15) is 12.8 Å². The van der Waals surface area contributed by atoms with Crippen LogP contribution in [-0.4, -0.2) is 11.5 Å². The lowest BCUT2D eigenvalue weighted by Crippen LogP contribution is -2.17. The second-order valence-corrected chi connectivity index (χ2v) is 2.83. The van der Waals surface area contributed by atoms with Crippen molar-refractivity contribution in [2.24, 2.45) is 5.92 Å².